The Labute approximate surface area is 104 Å². The van der Waals surface area contributed by atoms with Crippen LogP contribution in [0.15, 0.2) is 0 Å². The predicted octanol–water partition coefficient (Wildman–Crippen LogP) is 1.44. The van der Waals surface area contributed by atoms with E-state index < -0.39 is 0 Å². The summed E-state index contributed by atoms with van der Waals surface area (Å²) in [6.07, 6.45) is 1.49. The molecule has 0 aromatic heterocycles. The van der Waals surface area contributed by atoms with Gasteiger partial charge in [-0.25, -0.2) is 0 Å². The Hall–Kier alpha value is 0.230. The number of hydrogen-bond acceptors (Lipinski definition) is 4. The van der Waals surface area contributed by atoms with Crippen molar-refractivity contribution < 1.29 is 4.74 Å². The van der Waals surface area contributed by atoms with Crippen LogP contribution in [0.4, 0.5) is 0 Å². The van der Waals surface area contributed by atoms with Crippen molar-refractivity contribution in [3.63, 3.8) is 0 Å². The van der Waals surface area contributed by atoms with Crippen LogP contribution in [0.3, 0.4) is 0 Å². The first-order valence-corrected chi connectivity index (χ1v) is 7.57. The van der Waals surface area contributed by atoms with Gasteiger partial charge in [-0.05, 0) is 26.8 Å². The molecule has 96 valence electrons. The fourth-order valence-corrected chi connectivity index (χ4v) is 2.68. The van der Waals surface area contributed by atoms with Crippen LogP contribution in [-0.4, -0.2) is 61.8 Å². The van der Waals surface area contributed by atoms with Crippen molar-refractivity contribution in [2.75, 3.05) is 50.8 Å². The van der Waals surface area contributed by atoms with Gasteiger partial charge in [-0.15, -0.1) is 0 Å². The highest BCUT2D eigenvalue weighted by Gasteiger charge is 2.08. The zero-order valence-corrected chi connectivity index (χ0v) is 11.5. The summed E-state index contributed by atoms with van der Waals surface area (Å²) in [5.74, 6) is 2.62. The molecule has 0 unspecified atom stereocenters. The molecule has 0 aliphatic carbocycles. The zero-order chi connectivity index (χ0) is 11.6. The first kappa shape index (κ1) is 14.3. The molecular formula is C12H26N2OS. The summed E-state index contributed by atoms with van der Waals surface area (Å²) < 4.78 is 5.49. The fourth-order valence-electron chi connectivity index (χ4n) is 1.70. The first-order valence-electron chi connectivity index (χ1n) is 6.41. The zero-order valence-electron chi connectivity index (χ0n) is 10.7. The minimum Gasteiger partial charge on any atom is -0.379 e. The van der Waals surface area contributed by atoms with E-state index in [4.69, 9.17) is 4.74 Å². The predicted molar refractivity (Wildman–Crippen MR) is 72.3 cm³/mol. The highest BCUT2D eigenvalue weighted by molar-refractivity contribution is 7.99. The molecule has 0 spiro atoms. The summed E-state index contributed by atoms with van der Waals surface area (Å²) in [6, 6.07) is 0. The Kier molecular flexibility index (Phi) is 8.29. The number of thioether (sulfide) groups is 1. The van der Waals surface area contributed by atoms with E-state index in [0.717, 1.165) is 26.1 Å². The topological polar surface area (TPSA) is 24.5 Å². The fraction of sp³-hybridized carbons (Fsp3) is 1.00. The maximum absolute atomic E-state index is 5.49. The van der Waals surface area contributed by atoms with E-state index in [2.05, 4.69) is 35.8 Å². The highest BCUT2D eigenvalue weighted by atomic mass is 32.2. The van der Waals surface area contributed by atoms with Crippen LogP contribution in [0.5, 0.6) is 0 Å². The number of ether oxygens (including phenoxy) is 1. The molecule has 1 N–H and O–H groups in total. The quantitative estimate of drug-likeness (QED) is 0.655. The molecule has 0 bridgehead atoms. The number of nitrogens with one attached hydrogen (secondary N) is 1. The summed E-state index contributed by atoms with van der Waals surface area (Å²) in [5, 5.41) is 3.48. The van der Waals surface area contributed by atoms with Crippen molar-refractivity contribution in [2.24, 2.45) is 0 Å². The third kappa shape index (κ3) is 7.49. The van der Waals surface area contributed by atoms with Crippen LogP contribution in [0.2, 0.25) is 0 Å². The maximum atomic E-state index is 5.49. The van der Waals surface area contributed by atoms with Gasteiger partial charge in [-0.3, -0.25) is 0 Å². The lowest BCUT2D eigenvalue weighted by Crippen LogP contribution is -2.38. The Morgan fingerprint density at radius 1 is 1.25 bits per heavy atom. The van der Waals surface area contributed by atoms with Crippen molar-refractivity contribution in [1.82, 2.24) is 10.2 Å². The van der Waals surface area contributed by atoms with Crippen LogP contribution in [0.25, 0.3) is 0 Å². The first-order chi connectivity index (χ1) is 7.79. The standard InChI is InChI=1S/C12H26N2OS/c1-12(2)15-9-3-4-13-5-6-14-7-10-16-11-8-14/h12-13H,3-11H2,1-2H3. The van der Waals surface area contributed by atoms with Gasteiger partial charge in [0.25, 0.3) is 0 Å². The number of hydrogen-bond donors (Lipinski definition) is 1. The molecule has 0 atom stereocenters. The van der Waals surface area contributed by atoms with Gasteiger partial charge in [0.2, 0.25) is 0 Å². The van der Waals surface area contributed by atoms with E-state index in [9.17, 15) is 0 Å². The molecule has 0 amide bonds. The molecular weight excluding hydrogens is 220 g/mol. The molecule has 1 heterocycles. The molecule has 3 nitrogen and oxygen atoms in total. The lowest BCUT2D eigenvalue weighted by Gasteiger charge is -2.26. The van der Waals surface area contributed by atoms with Crippen LogP contribution < -0.4 is 5.32 Å². The van der Waals surface area contributed by atoms with Gasteiger partial charge in [0.05, 0.1) is 6.10 Å². The Morgan fingerprint density at radius 3 is 2.69 bits per heavy atom. The third-order valence-electron chi connectivity index (χ3n) is 2.66. The van der Waals surface area contributed by atoms with E-state index in [1.54, 1.807) is 0 Å². The second kappa shape index (κ2) is 9.28. The molecule has 0 saturated carbocycles. The van der Waals surface area contributed by atoms with Crippen molar-refractivity contribution in [1.29, 1.82) is 0 Å². The monoisotopic (exact) mass is 246 g/mol. The smallest absolute Gasteiger partial charge is 0.0518 e. The molecule has 1 rings (SSSR count). The Bertz CT molecular complexity index is 161. The molecule has 1 aliphatic rings. The summed E-state index contributed by atoms with van der Waals surface area (Å²) >= 11 is 2.07. The lowest BCUT2D eigenvalue weighted by atomic mass is 10.4. The second-order valence-electron chi connectivity index (χ2n) is 4.48. The molecule has 16 heavy (non-hydrogen) atoms. The van der Waals surface area contributed by atoms with Gasteiger partial charge < -0.3 is 15.0 Å². The summed E-state index contributed by atoms with van der Waals surface area (Å²) in [5.41, 5.74) is 0. The van der Waals surface area contributed by atoms with Crippen molar-refractivity contribution in [3.8, 4) is 0 Å². The van der Waals surface area contributed by atoms with Gasteiger partial charge in [0.15, 0.2) is 0 Å². The molecule has 0 aromatic rings. The van der Waals surface area contributed by atoms with Crippen LogP contribution >= 0.6 is 11.8 Å². The normalized spacial score (nSPS) is 18.2. The third-order valence-corrected chi connectivity index (χ3v) is 3.60. The average Bonchev–Trinajstić information content (AvgIpc) is 2.29. The Balaban J connectivity index is 1.80. The van der Waals surface area contributed by atoms with Gasteiger partial charge in [-0.1, -0.05) is 0 Å². The molecule has 1 aliphatic heterocycles. The van der Waals surface area contributed by atoms with E-state index >= 15 is 0 Å². The van der Waals surface area contributed by atoms with E-state index in [0.29, 0.717) is 6.10 Å². The summed E-state index contributed by atoms with van der Waals surface area (Å²) in [6.45, 7) is 11.0. The van der Waals surface area contributed by atoms with Gasteiger partial charge >= 0.3 is 0 Å². The molecule has 0 aromatic carbocycles. The van der Waals surface area contributed by atoms with Crippen LogP contribution in [0.1, 0.15) is 20.3 Å². The van der Waals surface area contributed by atoms with Gasteiger partial charge in [-0.2, -0.15) is 11.8 Å². The second-order valence-corrected chi connectivity index (χ2v) is 5.70. The molecule has 0 radical (unpaired) electrons. The van der Waals surface area contributed by atoms with E-state index in [1.165, 1.54) is 31.1 Å². The molecule has 1 fully saturated rings. The SMILES string of the molecule is CC(C)OCCCNCCN1CCSCC1. The van der Waals surface area contributed by atoms with Gasteiger partial charge in [0, 0.05) is 44.3 Å². The maximum Gasteiger partial charge on any atom is 0.0518 e. The van der Waals surface area contributed by atoms with E-state index in [1.807, 2.05) is 0 Å². The lowest BCUT2D eigenvalue weighted by molar-refractivity contribution is 0.0770. The summed E-state index contributed by atoms with van der Waals surface area (Å²) in [7, 11) is 0. The van der Waals surface area contributed by atoms with Crippen LogP contribution in [0, 0.1) is 0 Å². The minimum absolute atomic E-state index is 0.367. The molecule has 1 saturated heterocycles. The number of rotatable bonds is 8. The molecule has 4 heteroatoms. The average molecular weight is 246 g/mol. The van der Waals surface area contributed by atoms with Crippen LogP contribution in [-0.2, 0) is 4.74 Å². The minimum atomic E-state index is 0.367. The highest BCUT2D eigenvalue weighted by Crippen LogP contribution is 2.07. The Morgan fingerprint density at radius 2 is 2.00 bits per heavy atom. The van der Waals surface area contributed by atoms with Gasteiger partial charge in [0.1, 0.15) is 0 Å². The van der Waals surface area contributed by atoms with Crippen molar-refractivity contribution >= 4 is 11.8 Å². The number of nitrogens with zero attached hydrogens (tertiary/aromatic N) is 1. The van der Waals surface area contributed by atoms with Crippen molar-refractivity contribution in [3.05, 3.63) is 0 Å². The largest absolute Gasteiger partial charge is 0.379 e. The van der Waals surface area contributed by atoms with E-state index in [-0.39, 0.29) is 0 Å². The van der Waals surface area contributed by atoms with Crippen molar-refractivity contribution in [2.45, 2.75) is 26.4 Å². The summed E-state index contributed by atoms with van der Waals surface area (Å²) in [4.78, 5) is 2.55.